The van der Waals surface area contributed by atoms with E-state index < -0.39 is 0 Å². The molecule has 98 valence electrons. The van der Waals surface area contributed by atoms with Crippen molar-refractivity contribution in [3.05, 3.63) is 0 Å². The minimum atomic E-state index is 0.190. The molecular formula is C13H25N3O. The highest BCUT2D eigenvalue weighted by molar-refractivity contribution is 5.79. The van der Waals surface area contributed by atoms with Gasteiger partial charge in [0.1, 0.15) is 0 Å². The molecule has 2 rings (SSSR count). The lowest BCUT2D eigenvalue weighted by molar-refractivity contribution is -0.125. The van der Waals surface area contributed by atoms with Crippen LogP contribution in [0.15, 0.2) is 0 Å². The molecule has 1 saturated heterocycles. The predicted octanol–water partition coefficient (Wildman–Crippen LogP) is 0.586. The second-order valence-electron chi connectivity index (χ2n) is 5.73. The van der Waals surface area contributed by atoms with Crippen LogP contribution in [0.2, 0.25) is 0 Å². The van der Waals surface area contributed by atoms with Crippen molar-refractivity contribution in [2.24, 2.45) is 5.92 Å². The van der Waals surface area contributed by atoms with Crippen LogP contribution in [-0.2, 0) is 4.79 Å². The van der Waals surface area contributed by atoms with Crippen LogP contribution in [0, 0.1) is 5.92 Å². The van der Waals surface area contributed by atoms with Crippen LogP contribution in [0.1, 0.15) is 32.1 Å². The molecule has 1 aliphatic heterocycles. The predicted molar refractivity (Wildman–Crippen MR) is 68.9 cm³/mol. The Kier molecular flexibility index (Phi) is 4.05. The maximum absolute atomic E-state index is 12.0. The van der Waals surface area contributed by atoms with Gasteiger partial charge in [0.15, 0.2) is 0 Å². The maximum Gasteiger partial charge on any atom is 0.224 e. The second kappa shape index (κ2) is 5.36. The maximum atomic E-state index is 12.0. The third kappa shape index (κ3) is 2.80. The lowest BCUT2D eigenvalue weighted by Crippen LogP contribution is -2.51. The Labute approximate surface area is 104 Å². The van der Waals surface area contributed by atoms with Crippen LogP contribution >= 0.6 is 0 Å². The summed E-state index contributed by atoms with van der Waals surface area (Å²) in [6.45, 7) is 2.65. The number of nitrogens with one attached hydrogen (secondary N) is 2. The van der Waals surface area contributed by atoms with E-state index in [1.807, 2.05) is 0 Å². The van der Waals surface area contributed by atoms with Gasteiger partial charge in [-0.25, -0.2) is 0 Å². The van der Waals surface area contributed by atoms with Gasteiger partial charge in [-0.3, -0.25) is 4.79 Å². The van der Waals surface area contributed by atoms with E-state index in [9.17, 15) is 4.79 Å². The number of carbonyl (C=O) groups excluding carboxylic acids is 1. The molecule has 1 saturated carbocycles. The van der Waals surface area contributed by atoms with Crippen LogP contribution in [0.25, 0.3) is 0 Å². The zero-order chi connectivity index (χ0) is 12.3. The van der Waals surface area contributed by atoms with Gasteiger partial charge in [-0.2, -0.15) is 0 Å². The van der Waals surface area contributed by atoms with Gasteiger partial charge >= 0.3 is 0 Å². The zero-order valence-electron chi connectivity index (χ0n) is 11.1. The largest absolute Gasteiger partial charge is 0.354 e. The first-order valence-electron chi connectivity index (χ1n) is 6.80. The van der Waals surface area contributed by atoms with Gasteiger partial charge < -0.3 is 15.5 Å². The topological polar surface area (TPSA) is 44.4 Å². The quantitative estimate of drug-likeness (QED) is 0.754. The third-order valence-corrected chi connectivity index (χ3v) is 4.51. The molecule has 0 radical (unpaired) electrons. The van der Waals surface area contributed by atoms with Crippen molar-refractivity contribution in [2.45, 2.75) is 37.6 Å². The minimum absolute atomic E-state index is 0.190. The number of carbonyl (C=O) groups is 1. The van der Waals surface area contributed by atoms with Gasteiger partial charge in [0.2, 0.25) is 5.91 Å². The summed E-state index contributed by atoms with van der Waals surface area (Å²) in [5, 5.41) is 6.41. The fourth-order valence-electron chi connectivity index (χ4n) is 3.09. The molecule has 0 spiro atoms. The van der Waals surface area contributed by atoms with Crippen molar-refractivity contribution in [1.82, 2.24) is 15.5 Å². The molecule has 2 fully saturated rings. The summed E-state index contributed by atoms with van der Waals surface area (Å²) in [6, 6.07) is 0. The van der Waals surface area contributed by atoms with E-state index in [4.69, 9.17) is 0 Å². The summed E-state index contributed by atoms with van der Waals surface area (Å²) in [4.78, 5) is 14.3. The Balaban J connectivity index is 1.85. The van der Waals surface area contributed by atoms with E-state index >= 15 is 0 Å². The van der Waals surface area contributed by atoms with Gasteiger partial charge in [0, 0.05) is 18.6 Å². The van der Waals surface area contributed by atoms with E-state index in [1.165, 1.54) is 25.7 Å². The molecule has 4 nitrogen and oxygen atoms in total. The summed E-state index contributed by atoms with van der Waals surface area (Å²) in [5.74, 6) is 0.429. The lowest BCUT2D eigenvalue weighted by Gasteiger charge is -2.36. The van der Waals surface area contributed by atoms with E-state index in [0.29, 0.717) is 0 Å². The van der Waals surface area contributed by atoms with Crippen molar-refractivity contribution in [1.29, 1.82) is 0 Å². The van der Waals surface area contributed by atoms with Crippen molar-refractivity contribution < 1.29 is 4.79 Å². The Hall–Kier alpha value is -0.610. The second-order valence-corrected chi connectivity index (χ2v) is 5.73. The highest BCUT2D eigenvalue weighted by Gasteiger charge is 2.36. The number of likely N-dealkylation sites (N-methyl/N-ethyl adjacent to an activating group) is 1. The van der Waals surface area contributed by atoms with Crippen LogP contribution in [0.3, 0.4) is 0 Å². The van der Waals surface area contributed by atoms with Crippen molar-refractivity contribution in [2.75, 3.05) is 33.7 Å². The highest BCUT2D eigenvalue weighted by atomic mass is 16.1. The molecular weight excluding hydrogens is 214 g/mol. The van der Waals surface area contributed by atoms with Gasteiger partial charge in [0.05, 0.1) is 5.92 Å². The lowest BCUT2D eigenvalue weighted by atomic mass is 9.95. The molecule has 1 aliphatic carbocycles. The number of amides is 1. The molecule has 1 unspecified atom stereocenters. The number of nitrogens with zero attached hydrogens (tertiary/aromatic N) is 1. The molecule has 17 heavy (non-hydrogen) atoms. The molecule has 0 aromatic rings. The van der Waals surface area contributed by atoms with E-state index in [-0.39, 0.29) is 17.4 Å². The average molecular weight is 239 g/mol. The smallest absolute Gasteiger partial charge is 0.224 e. The molecule has 0 aromatic heterocycles. The third-order valence-electron chi connectivity index (χ3n) is 4.51. The first-order valence-corrected chi connectivity index (χ1v) is 6.80. The monoisotopic (exact) mass is 239 g/mol. The van der Waals surface area contributed by atoms with Crippen LogP contribution < -0.4 is 10.6 Å². The Morgan fingerprint density at radius 2 is 2.12 bits per heavy atom. The normalized spacial score (nSPS) is 27.6. The fourth-order valence-corrected chi connectivity index (χ4v) is 3.09. The number of hydrogen-bond donors (Lipinski definition) is 2. The molecule has 0 aromatic carbocycles. The van der Waals surface area contributed by atoms with Gasteiger partial charge in [-0.1, -0.05) is 12.8 Å². The molecule has 2 aliphatic rings. The summed E-state index contributed by atoms with van der Waals surface area (Å²) in [6.07, 6.45) is 5.99. The molecule has 4 heteroatoms. The summed E-state index contributed by atoms with van der Waals surface area (Å²) < 4.78 is 0. The summed E-state index contributed by atoms with van der Waals surface area (Å²) in [5.41, 5.74) is 0.210. The molecule has 1 amide bonds. The van der Waals surface area contributed by atoms with Crippen LogP contribution in [-0.4, -0.2) is 50.1 Å². The molecule has 1 heterocycles. The SMILES string of the molecule is CN(C)C1(CNC(=O)C2CCNC2)CCCC1. The van der Waals surface area contributed by atoms with Gasteiger partial charge in [-0.05, 0) is 39.9 Å². The van der Waals surface area contributed by atoms with E-state index in [0.717, 1.165) is 26.1 Å². The van der Waals surface area contributed by atoms with Crippen molar-refractivity contribution in [3.63, 3.8) is 0 Å². The standard InChI is InChI=1S/C13H25N3O/c1-16(2)13(6-3-4-7-13)10-15-12(17)11-5-8-14-9-11/h11,14H,3-10H2,1-2H3,(H,15,17). The van der Waals surface area contributed by atoms with Crippen molar-refractivity contribution >= 4 is 5.91 Å². The number of rotatable bonds is 4. The van der Waals surface area contributed by atoms with E-state index in [1.54, 1.807) is 0 Å². The first-order chi connectivity index (χ1) is 8.14. The first kappa shape index (κ1) is 12.8. The van der Waals surface area contributed by atoms with Crippen molar-refractivity contribution in [3.8, 4) is 0 Å². The minimum Gasteiger partial charge on any atom is -0.354 e. The summed E-state index contributed by atoms with van der Waals surface area (Å²) in [7, 11) is 4.27. The average Bonchev–Trinajstić information content (AvgIpc) is 2.97. The number of hydrogen-bond acceptors (Lipinski definition) is 3. The molecule has 2 N–H and O–H groups in total. The summed E-state index contributed by atoms with van der Waals surface area (Å²) >= 11 is 0. The zero-order valence-corrected chi connectivity index (χ0v) is 11.1. The Morgan fingerprint density at radius 1 is 1.41 bits per heavy atom. The molecule has 0 bridgehead atoms. The Bertz CT molecular complexity index is 266. The molecule has 1 atom stereocenters. The van der Waals surface area contributed by atoms with E-state index in [2.05, 4.69) is 29.6 Å². The van der Waals surface area contributed by atoms with Gasteiger partial charge in [-0.15, -0.1) is 0 Å². The fraction of sp³-hybridized carbons (Fsp3) is 0.923. The highest BCUT2D eigenvalue weighted by Crippen LogP contribution is 2.33. The Morgan fingerprint density at radius 3 is 2.65 bits per heavy atom. The van der Waals surface area contributed by atoms with Gasteiger partial charge in [0.25, 0.3) is 0 Å². The van der Waals surface area contributed by atoms with Crippen LogP contribution in [0.4, 0.5) is 0 Å². The van der Waals surface area contributed by atoms with Crippen LogP contribution in [0.5, 0.6) is 0 Å².